The van der Waals surface area contributed by atoms with Crippen molar-refractivity contribution in [3.8, 4) is 0 Å². The van der Waals surface area contributed by atoms with Gasteiger partial charge < -0.3 is 15.2 Å². The number of hydrogen-bond donors (Lipinski definition) is 1. The average molecular weight is 578 g/mol. The third-order valence-electron chi connectivity index (χ3n) is 11.5. The predicted molar refractivity (Wildman–Crippen MR) is 167 cm³/mol. The molecule has 4 unspecified atom stereocenters. The molecule has 2 aliphatic heterocycles. The Hall–Kier alpha value is -1.18. The Morgan fingerprint density at radius 3 is 1.54 bits per heavy atom. The van der Waals surface area contributed by atoms with E-state index in [2.05, 4.69) is 79.3 Å². The van der Waals surface area contributed by atoms with Gasteiger partial charge in [0.15, 0.2) is 0 Å². The topological polar surface area (TPSA) is 85.1 Å². The molecule has 0 radical (unpaired) electrons. The fraction of sp³-hybridized carbons (Fsp3) is 0.941. The smallest absolute Gasteiger partial charge is 0.308 e. The van der Waals surface area contributed by atoms with Crippen molar-refractivity contribution < 1.29 is 19.1 Å². The van der Waals surface area contributed by atoms with Crippen LogP contribution in [-0.2, 0) is 19.1 Å². The van der Waals surface area contributed by atoms with E-state index in [0.717, 1.165) is 51.4 Å². The molecule has 1 saturated carbocycles. The predicted octanol–water partition coefficient (Wildman–Crippen LogP) is 6.32. The standard InChI is InChI=1S/C34H63N3O4/c1-23(28(38)40-26-19-30(3,4)36(11)31(5,6)20-26)17-25-15-13-14-16-34(25,35)18-24(2)29(39)41-27-21-32(7,8)37(12)33(9,10)22-27/h23-27H,13-22,35H2,1-12H3. The van der Waals surface area contributed by atoms with Gasteiger partial charge in [-0.2, -0.15) is 0 Å². The van der Waals surface area contributed by atoms with Gasteiger partial charge in [0.1, 0.15) is 12.2 Å². The molecule has 2 saturated heterocycles. The van der Waals surface area contributed by atoms with Crippen LogP contribution in [0.4, 0.5) is 0 Å². The van der Waals surface area contributed by atoms with Crippen molar-refractivity contribution in [3.05, 3.63) is 0 Å². The Labute approximate surface area is 251 Å². The lowest BCUT2D eigenvalue weighted by Gasteiger charge is -2.53. The number of hydrogen-bond acceptors (Lipinski definition) is 7. The number of carbonyl (C=O) groups is 2. The second-order valence-electron chi connectivity index (χ2n) is 16.7. The lowest BCUT2D eigenvalue weighted by atomic mass is 9.66. The molecule has 0 aromatic heterocycles. The molecule has 0 spiro atoms. The first-order valence-corrected chi connectivity index (χ1v) is 16.3. The van der Waals surface area contributed by atoms with Gasteiger partial charge in [-0.25, -0.2) is 0 Å². The summed E-state index contributed by atoms with van der Waals surface area (Å²) < 4.78 is 12.3. The second-order valence-corrected chi connectivity index (χ2v) is 16.7. The normalized spacial score (nSPS) is 32.2. The van der Waals surface area contributed by atoms with Crippen LogP contribution in [0.2, 0.25) is 0 Å². The number of carbonyl (C=O) groups excluding carboxylic acids is 2. The largest absolute Gasteiger partial charge is 0.462 e. The quantitative estimate of drug-likeness (QED) is 0.338. The highest BCUT2D eigenvalue weighted by Gasteiger charge is 2.47. The molecule has 2 N–H and O–H groups in total. The number of ether oxygens (including phenoxy) is 2. The van der Waals surface area contributed by atoms with Gasteiger partial charge in [0.25, 0.3) is 0 Å². The van der Waals surface area contributed by atoms with Gasteiger partial charge in [-0.3, -0.25) is 19.4 Å². The van der Waals surface area contributed by atoms with E-state index in [-0.39, 0.29) is 64.1 Å². The number of rotatable bonds is 8. The molecule has 41 heavy (non-hydrogen) atoms. The summed E-state index contributed by atoms with van der Waals surface area (Å²) in [6, 6.07) is 0. The van der Waals surface area contributed by atoms with E-state index >= 15 is 0 Å². The molecule has 0 aromatic rings. The van der Waals surface area contributed by atoms with Crippen molar-refractivity contribution in [2.75, 3.05) is 14.1 Å². The Bertz CT molecular complexity index is 908. The van der Waals surface area contributed by atoms with Crippen LogP contribution in [0.25, 0.3) is 0 Å². The summed E-state index contributed by atoms with van der Waals surface area (Å²) >= 11 is 0. The minimum Gasteiger partial charge on any atom is -0.462 e. The van der Waals surface area contributed by atoms with Crippen LogP contribution in [0.5, 0.6) is 0 Å². The van der Waals surface area contributed by atoms with Crippen LogP contribution in [0.15, 0.2) is 0 Å². The van der Waals surface area contributed by atoms with Crippen molar-refractivity contribution in [2.24, 2.45) is 23.5 Å². The lowest BCUT2D eigenvalue weighted by Crippen LogP contribution is -2.60. The van der Waals surface area contributed by atoms with Gasteiger partial charge in [0.2, 0.25) is 0 Å². The van der Waals surface area contributed by atoms with Crippen molar-refractivity contribution in [1.82, 2.24) is 9.80 Å². The third kappa shape index (κ3) is 7.86. The monoisotopic (exact) mass is 577 g/mol. The minimum atomic E-state index is -0.478. The highest BCUT2D eigenvalue weighted by molar-refractivity contribution is 5.73. The molecule has 0 bridgehead atoms. The number of nitrogens with two attached hydrogens (primary N) is 1. The van der Waals surface area contributed by atoms with Crippen LogP contribution in [-0.4, -0.2) is 75.7 Å². The summed E-state index contributed by atoms with van der Waals surface area (Å²) in [5, 5.41) is 0. The van der Waals surface area contributed by atoms with E-state index < -0.39 is 5.54 Å². The molecule has 4 atom stereocenters. The molecule has 2 heterocycles. The maximum absolute atomic E-state index is 13.3. The minimum absolute atomic E-state index is 0.0322. The van der Waals surface area contributed by atoms with Crippen molar-refractivity contribution >= 4 is 11.9 Å². The first-order chi connectivity index (χ1) is 18.6. The Morgan fingerprint density at radius 2 is 1.12 bits per heavy atom. The fourth-order valence-corrected chi connectivity index (χ4v) is 8.42. The number of likely N-dealkylation sites (tertiary alicyclic amines) is 2. The SMILES string of the molecule is CC(CC1CCCCC1(N)CC(C)C(=O)OC1CC(C)(C)N(C)C(C)(C)C1)C(=O)OC1CC(C)(C)N(C)C(C)(C)C1. The van der Waals surface area contributed by atoms with Gasteiger partial charge in [-0.1, -0.05) is 26.7 Å². The Morgan fingerprint density at radius 1 is 0.732 bits per heavy atom. The molecule has 3 fully saturated rings. The van der Waals surface area contributed by atoms with Crippen molar-refractivity contribution in [3.63, 3.8) is 0 Å². The van der Waals surface area contributed by atoms with Crippen molar-refractivity contribution in [2.45, 2.75) is 173 Å². The maximum Gasteiger partial charge on any atom is 0.308 e. The van der Waals surface area contributed by atoms with E-state index in [0.29, 0.717) is 12.8 Å². The van der Waals surface area contributed by atoms with Crippen LogP contribution in [0, 0.1) is 17.8 Å². The van der Waals surface area contributed by atoms with Crippen LogP contribution < -0.4 is 5.73 Å². The molecule has 0 aromatic carbocycles. The molecular weight excluding hydrogens is 514 g/mol. The van der Waals surface area contributed by atoms with Crippen LogP contribution in [0.3, 0.4) is 0 Å². The maximum atomic E-state index is 13.3. The highest BCUT2D eigenvalue weighted by Crippen LogP contribution is 2.43. The molecule has 238 valence electrons. The van der Waals surface area contributed by atoms with E-state index in [1.807, 2.05) is 13.8 Å². The highest BCUT2D eigenvalue weighted by atomic mass is 16.5. The van der Waals surface area contributed by atoms with Crippen LogP contribution in [0.1, 0.15) is 133 Å². The first-order valence-electron chi connectivity index (χ1n) is 16.3. The zero-order chi connectivity index (χ0) is 31.2. The van der Waals surface area contributed by atoms with E-state index in [4.69, 9.17) is 15.2 Å². The average Bonchev–Trinajstić information content (AvgIpc) is 2.81. The molecular formula is C34H63N3O4. The van der Waals surface area contributed by atoms with Crippen LogP contribution >= 0.6 is 0 Å². The summed E-state index contributed by atoms with van der Waals surface area (Å²) in [5.74, 6) is -0.574. The zero-order valence-corrected chi connectivity index (χ0v) is 28.6. The molecule has 3 aliphatic rings. The molecule has 7 nitrogen and oxygen atoms in total. The third-order valence-corrected chi connectivity index (χ3v) is 11.5. The van der Waals surface area contributed by atoms with Crippen molar-refractivity contribution in [1.29, 1.82) is 0 Å². The second kappa shape index (κ2) is 12.1. The van der Waals surface area contributed by atoms with E-state index in [9.17, 15) is 9.59 Å². The van der Waals surface area contributed by atoms with E-state index in [1.165, 1.54) is 0 Å². The molecule has 3 rings (SSSR count). The van der Waals surface area contributed by atoms with Gasteiger partial charge in [-0.05, 0) is 101 Å². The van der Waals surface area contributed by atoms with Gasteiger partial charge >= 0.3 is 11.9 Å². The summed E-state index contributed by atoms with van der Waals surface area (Å²) in [6.45, 7) is 21.8. The number of nitrogens with zero attached hydrogens (tertiary/aromatic N) is 2. The van der Waals surface area contributed by atoms with Gasteiger partial charge in [-0.15, -0.1) is 0 Å². The molecule has 7 heteroatoms. The molecule has 0 amide bonds. The number of piperidine rings is 2. The summed E-state index contributed by atoms with van der Waals surface area (Å²) in [5.41, 5.74) is 6.51. The summed E-state index contributed by atoms with van der Waals surface area (Å²) in [7, 11) is 4.32. The Kier molecular flexibility index (Phi) is 10.1. The van der Waals surface area contributed by atoms with Gasteiger partial charge in [0, 0.05) is 53.4 Å². The first kappa shape index (κ1) is 34.3. The Balaban J connectivity index is 1.60. The summed E-state index contributed by atoms with van der Waals surface area (Å²) in [6.07, 6.45) is 8.48. The zero-order valence-electron chi connectivity index (χ0n) is 28.6. The summed E-state index contributed by atoms with van der Waals surface area (Å²) in [4.78, 5) is 31.5. The van der Waals surface area contributed by atoms with E-state index in [1.54, 1.807) is 0 Å². The lowest BCUT2D eigenvalue weighted by molar-refractivity contribution is -0.166. The van der Waals surface area contributed by atoms with Gasteiger partial charge in [0.05, 0.1) is 11.8 Å². The fourth-order valence-electron chi connectivity index (χ4n) is 8.42. The molecule has 1 aliphatic carbocycles. The number of esters is 2.